The smallest absolute Gasteiger partial charge is 0.308 e. The lowest BCUT2D eigenvalue weighted by Gasteiger charge is -2.16. The van der Waals surface area contributed by atoms with E-state index in [0.29, 0.717) is 5.82 Å². The summed E-state index contributed by atoms with van der Waals surface area (Å²) in [5.41, 5.74) is 6.17. The molecule has 1 N–H and O–H groups in total. The zero-order chi connectivity index (χ0) is 25.8. The van der Waals surface area contributed by atoms with Gasteiger partial charge in [-0.15, -0.1) is 21.5 Å². The molecule has 0 radical (unpaired) electrons. The molecule has 5 aromatic rings. The van der Waals surface area contributed by atoms with Gasteiger partial charge in [-0.2, -0.15) is 0 Å². The average Bonchev–Trinajstić information content (AvgIpc) is 3.37. The van der Waals surface area contributed by atoms with E-state index in [-0.39, 0.29) is 0 Å². The largest absolute Gasteiger partial charge is 0.481 e. The van der Waals surface area contributed by atoms with Crippen molar-refractivity contribution in [3.05, 3.63) is 99.9 Å². The minimum absolute atomic E-state index is 0.567. The van der Waals surface area contributed by atoms with Crippen LogP contribution in [0.1, 0.15) is 46.2 Å². The van der Waals surface area contributed by atoms with E-state index >= 15 is 0 Å². The maximum absolute atomic E-state index is 12.1. The first-order chi connectivity index (χ1) is 17.8. The molecule has 6 rings (SSSR count). The number of aromatic nitrogens is 3. The number of hydrogen-bond donors (Lipinski definition) is 1. The molecule has 0 saturated heterocycles. The maximum Gasteiger partial charge on any atom is 0.308 e. The standard InChI is InChI=1S/C30H26N4O2S/c1-16-18(3)37-29-25(16)27(31-26(17(2)30(35)36)28-33-32-19(4)34(28)29)22-12-9-21(10-13-22)24-14-11-20-7-5-6-8-23(20)15-24/h5-15,17,26H,1-4H3,(H,35,36)/t17?,26-/m0/s1. The number of benzene rings is 3. The van der Waals surface area contributed by atoms with Crippen LogP contribution in [0, 0.1) is 26.7 Å². The minimum atomic E-state index is -0.912. The van der Waals surface area contributed by atoms with Crippen LogP contribution in [0.15, 0.2) is 71.7 Å². The van der Waals surface area contributed by atoms with Crippen LogP contribution < -0.4 is 0 Å². The Kier molecular flexibility index (Phi) is 5.53. The summed E-state index contributed by atoms with van der Waals surface area (Å²) in [7, 11) is 0. The van der Waals surface area contributed by atoms with Crippen LogP contribution in [-0.2, 0) is 4.79 Å². The highest BCUT2D eigenvalue weighted by molar-refractivity contribution is 7.15. The van der Waals surface area contributed by atoms with E-state index in [1.807, 2.05) is 11.5 Å². The summed E-state index contributed by atoms with van der Waals surface area (Å²) >= 11 is 1.67. The van der Waals surface area contributed by atoms with Gasteiger partial charge in [-0.25, -0.2) is 0 Å². The number of rotatable bonds is 4. The normalized spacial score (nSPS) is 15.6. The zero-order valence-electron chi connectivity index (χ0n) is 21.1. The van der Waals surface area contributed by atoms with E-state index in [1.165, 1.54) is 15.6 Å². The molecular weight excluding hydrogens is 480 g/mol. The first-order valence-electron chi connectivity index (χ1n) is 12.3. The first kappa shape index (κ1) is 23.3. The van der Waals surface area contributed by atoms with Crippen LogP contribution in [0.5, 0.6) is 0 Å². The van der Waals surface area contributed by atoms with Gasteiger partial charge in [-0.1, -0.05) is 60.7 Å². The molecule has 0 aliphatic carbocycles. The Labute approximate surface area is 219 Å². The zero-order valence-corrected chi connectivity index (χ0v) is 21.9. The van der Waals surface area contributed by atoms with E-state index in [4.69, 9.17) is 4.99 Å². The van der Waals surface area contributed by atoms with E-state index in [0.717, 1.165) is 44.4 Å². The number of carboxylic acids is 1. The Hall–Kier alpha value is -4.10. The van der Waals surface area contributed by atoms with Crippen molar-refractivity contribution in [3.63, 3.8) is 0 Å². The molecule has 2 atom stereocenters. The van der Waals surface area contributed by atoms with Crippen molar-refractivity contribution in [2.24, 2.45) is 10.9 Å². The van der Waals surface area contributed by atoms with Crippen LogP contribution in [0.2, 0.25) is 0 Å². The fourth-order valence-electron chi connectivity index (χ4n) is 5.01. The number of fused-ring (bicyclic) bond motifs is 4. The van der Waals surface area contributed by atoms with Gasteiger partial charge in [0.15, 0.2) is 5.82 Å². The number of carbonyl (C=O) groups is 1. The molecule has 7 heteroatoms. The Morgan fingerprint density at radius 2 is 1.59 bits per heavy atom. The van der Waals surface area contributed by atoms with E-state index in [2.05, 4.69) is 90.8 Å². The molecule has 0 bridgehead atoms. The van der Waals surface area contributed by atoms with Crippen molar-refractivity contribution in [2.45, 2.75) is 33.7 Å². The van der Waals surface area contributed by atoms with E-state index < -0.39 is 17.9 Å². The summed E-state index contributed by atoms with van der Waals surface area (Å²) < 4.78 is 1.99. The summed E-state index contributed by atoms with van der Waals surface area (Å²) in [6.07, 6.45) is 0. The third-order valence-electron chi connectivity index (χ3n) is 7.29. The summed E-state index contributed by atoms with van der Waals surface area (Å²) in [5.74, 6) is -0.379. The molecule has 6 nitrogen and oxygen atoms in total. The number of nitrogens with zero attached hydrogens (tertiary/aromatic N) is 4. The van der Waals surface area contributed by atoms with Gasteiger partial charge in [0.1, 0.15) is 16.9 Å². The van der Waals surface area contributed by atoms with Crippen molar-refractivity contribution in [1.29, 1.82) is 0 Å². The number of aliphatic imine (C=N–C) groups is 1. The van der Waals surface area contributed by atoms with Crippen molar-refractivity contribution in [2.75, 3.05) is 0 Å². The molecule has 0 saturated carbocycles. The van der Waals surface area contributed by atoms with Gasteiger partial charge in [0.25, 0.3) is 0 Å². The second-order valence-electron chi connectivity index (χ2n) is 9.59. The van der Waals surface area contributed by atoms with Gasteiger partial charge >= 0.3 is 5.97 Å². The topological polar surface area (TPSA) is 80.4 Å². The van der Waals surface area contributed by atoms with Crippen LogP contribution in [0.3, 0.4) is 0 Å². The maximum atomic E-state index is 12.1. The lowest BCUT2D eigenvalue weighted by molar-refractivity contribution is -0.141. The van der Waals surface area contributed by atoms with Gasteiger partial charge in [-0.05, 0) is 61.2 Å². The molecule has 0 spiro atoms. The predicted molar refractivity (Wildman–Crippen MR) is 148 cm³/mol. The number of hydrogen-bond acceptors (Lipinski definition) is 5. The highest BCUT2D eigenvalue weighted by atomic mass is 32.1. The van der Waals surface area contributed by atoms with Crippen LogP contribution >= 0.6 is 11.3 Å². The Morgan fingerprint density at radius 3 is 2.32 bits per heavy atom. The van der Waals surface area contributed by atoms with Crippen molar-refractivity contribution in [3.8, 4) is 16.1 Å². The Bertz CT molecular complexity index is 1710. The first-order valence-corrected chi connectivity index (χ1v) is 13.1. The summed E-state index contributed by atoms with van der Waals surface area (Å²) in [4.78, 5) is 18.4. The van der Waals surface area contributed by atoms with E-state index in [9.17, 15) is 9.90 Å². The lowest BCUT2D eigenvalue weighted by Crippen LogP contribution is -2.21. The number of thiophene rings is 1. The second kappa shape index (κ2) is 8.78. The minimum Gasteiger partial charge on any atom is -0.481 e. The average molecular weight is 507 g/mol. The highest BCUT2D eigenvalue weighted by Crippen LogP contribution is 2.40. The summed E-state index contributed by atoms with van der Waals surface area (Å²) in [5, 5.41) is 22.0. The van der Waals surface area contributed by atoms with E-state index in [1.54, 1.807) is 18.3 Å². The monoisotopic (exact) mass is 506 g/mol. The molecule has 0 amide bonds. The van der Waals surface area contributed by atoms with Gasteiger partial charge in [0, 0.05) is 16.0 Å². The second-order valence-corrected chi connectivity index (χ2v) is 10.8. The van der Waals surface area contributed by atoms with Gasteiger partial charge in [-0.3, -0.25) is 14.4 Å². The lowest BCUT2D eigenvalue weighted by atomic mass is 9.95. The molecular formula is C30H26N4O2S. The quantitative estimate of drug-likeness (QED) is 0.295. The van der Waals surface area contributed by atoms with Crippen molar-refractivity contribution >= 4 is 33.8 Å². The molecule has 1 unspecified atom stereocenters. The van der Waals surface area contributed by atoms with Crippen molar-refractivity contribution in [1.82, 2.24) is 14.8 Å². The summed E-state index contributed by atoms with van der Waals surface area (Å²) in [6.45, 7) is 7.79. The fraction of sp³-hybridized carbons (Fsp3) is 0.200. The highest BCUT2D eigenvalue weighted by Gasteiger charge is 2.36. The van der Waals surface area contributed by atoms with Crippen molar-refractivity contribution < 1.29 is 9.90 Å². The molecule has 37 heavy (non-hydrogen) atoms. The third kappa shape index (κ3) is 3.78. The van der Waals surface area contributed by atoms with Gasteiger partial charge in [0.2, 0.25) is 0 Å². The molecule has 3 heterocycles. The van der Waals surface area contributed by atoms with Gasteiger partial charge < -0.3 is 5.11 Å². The molecule has 1 aliphatic heterocycles. The SMILES string of the molecule is Cc1sc2c(c1C)C(c1ccc(-c3ccc4ccccc4c3)cc1)=N[C@@H](C(C)C(=O)O)c1nnc(C)n1-2. The Morgan fingerprint density at radius 1 is 0.919 bits per heavy atom. The molecule has 0 fully saturated rings. The number of aryl methyl sites for hydroxylation is 2. The molecule has 1 aliphatic rings. The molecule has 184 valence electrons. The third-order valence-corrected chi connectivity index (χ3v) is 8.49. The Balaban J connectivity index is 1.51. The summed E-state index contributed by atoms with van der Waals surface area (Å²) in [6, 6.07) is 22.6. The fourth-order valence-corrected chi connectivity index (χ4v) is 6.22. The van der Waals surface area contributed by atoms with Crippen LogP contribution in [-0.4, -0.2) is 31.6 Å². The van der Waals surface area contributed by atoms with Crippen LogP contribution in [0.4, 0.5) is 0 Å². The van der Waals surface area contributed by atoms with Crippen LogP contribution in [0.25, 0.3) is 26.9 Å². The molecule has 3 aromatic carbocycles. The molecule has 2 aromatic heterocycles. The van der Waals surface area contributed by atoms with Gasteiger partial charge in [0.05, 0.1) is 11.6 Å². The number of carboxylic acid groups (broad SMARTS) is 1. The predicted octanol–water partition coefficient (Wildman–Crippen LogP) is 6.69. The number of aliphatic carboxylic acids is 1.